The van der Waals surface area contributed by atoms with Crippen molar-refractivity contribution >= 4 is 17.6 Å². The lowest BCUT2D eigenvalue weighted by molar-refractivity contribution is -0.149. The van der Waals surface area contributed by atoms with Crippen LogP contribution in [0, 0.1) is 5.92 Å². The first kappa shape index (κ1) is 16.6. The number of piperidine rings is 2. The number of nitrogens with zero attached hydrogens (tertiary/aromatic N) is 1. The highest BCUT2D eigenvalue weighted by Crippen LogP contribution is 2.31. The molecular weight excluding hydrogens is 314 g/mol. The Morgan fingerprint density at radius 2 is 1.91 bits per heavy atom. The molecule has 126 valence electrons. The van der Waals surface area contributed by atoms with Crippen molar-refractivity contribution in [1.82, 2.24) is 4.90 Å². The second kappa shape index (κ2) is 8.02. The number of ether oxygens (including phenoxy) is 2. The number of rotatable bonds is 5. The lowest BCUT2D eigenvalue weighted by Crippen LogP contribution is -2.49. The van der Waals surface area contributed by atoms with Crippen LogP contribution >= 0.6 is 11.6 Å². The van der Waals surface area contributed by atoms with Gasteiger partial charge in [0.05, 0.1) is 6.61 Å². The van der Waals surface area contributed by atoms with Crippen molar-refractivity contribution in [2.75, 3.05) is 26.3 Å². The van der Waals surface area contributed by atoms with Crippen LogP contribution in [0.25, 0.3) is 0 Å². The Morgan fingerprint density at radius 3 is 2.74 bits per heavy atom. The van der Waals surface area contributed by atoms with E-state index in [0.717, 1.165) is 6.42 Å². The van der Waals surface area contributed by atoms with Crippen molar-refractivity contribution in [3.8, 4) is 5.75 Å². The average Bonchev–Trinajstić information content (AvgIpc) is 2.59. The van der Waals surface area contributed by atoms with Gasteiger partial charge in [-0.1, -0.05) is 18.0 Å². The van der Waals surface area contributed by atoms with E-state index < -0.39 is 0 Å². The van der Waals surface area contributed by atoms with Gasteiger partial charge in [0.2, 0.25) is 0 Å². The number of carbonyl (C=O) groups excluding carboxylic acids is 1. The van der Waals surface area contributed by atoms with E-state index >= 15 is 0 Å². The van der Waals surface area contributed by atoms with Gasteiger partial charge in [0.15, 0.2) is 6.61 Å². The topological polar surface area (TPSA) is 38.8 Å². The van der Waals surface area contributed by atoms with Gasteiger partial charge in [-0.3, -0.25) is 4.90 Å². The maximum Gasteiger partial charge on any atom is 0.344 e. The molecule has 2 saturated heterocycles. The first-order valence-electron chi connectivity index (χ1n) is 8.50. The molecule has 2 aliphatic rings. The summed E-state index contributed by atoms with van der Waals surface area (Å²) in [6.07, 6.45) is 6.21. The monoisotopic (exact) mass is 337 g/mol. The number of hydrogen-bond donors (Lipinski definition) is 0. The van der Waals surface area contributed by atoms with Gasteiger partial charge in [0.1, 0.15) is 5.75 Å². The summed E-state index contributed by atoms with van der Waals surface area (Å²) >= 11 is 5.81. The van der Waals surface area contributed by atoms with Crippen LogP contribution in [0.2, 0.25) is 5.02 Å². The number of fused-ring (bicyclic) bond motifs is 1. The third kappa shape index (κ3) is 4.61. The molecule has 0 N–H and O–H groups in total. The van der Waals surface area contributed by atoms with E-state index in [1.54, 1.807) is 24.3 Å². The zero-order valence-corrected chi connectivity index (χ0v) is 14.1. The Morgan fingerprint density at radius 1 is 1.13 bits per heavy atom. The summed E-state index contributed by atoms with van der Waals surface area (Å²) in [5.41, 5.74) is 0. The highest BCUT2D eigenvalue weighted by Gasteiger charge is 2.33. The molecule has 4 nitrogen and oxygen atoms in total. The Kier molecular flexibility index (Phi) is 5.79. The molecule has 1 aromatic carbocycles. The molecule has 0 aliphatic carbocycles. The molecule has 0 spiro atoms. The third-order valence-corrected chi connectivity index (χ3v) is 5.11. The SMILES string of the molecule is O=C(COc1ccc(Cl)cc1)OC[C@@H]1CCCN2CCCC[C@H]12. The Bertz CT molecular complexity index is 518. The van der Waals surface area contributed by atoms with Crippen molar-refractivity contribution in [2.24, 2.45) is 5.92 Å². The van der Waals surface area contributed by atoms with Gasteiger partial charge >= 0.3 is 5.97 Å². The summed E-state index contributed by atoms with van der Waals surface area (Å²) in [5, 5.41) is 0.647. The Balaban J connectivity index is 1.42. The van der Waals surface area contributed by atoms with Gasteiger partial charge in [-0.25, -0.2) is 4.79 Å². The van der Waals surface area contributed by atoms with Crippen molar-refractivity contribution < 1.29 is 14.3 Å². The maximum absolute atomic E-state index is 11.9. The molecule has 0 saturated carbocycles. The predicted molar refractivity (Wildman–Crippen MR) is 89.8 cm³/mol. The van der Waals surface area contributed by atoms with Gasteiger partial charge in [0.25, 0.3) is 0 Å². The number of benzene rings is 1. The van der Waals surface area contributed by atoms with Crippen LogP contribution in [-0.4, -0.2) is 43.2 Å². The van der Waals surface area contributed by atoms with E-state index in [0.29, 0.717) is 29.3 Å². The molecule has 0 radical (unpaired) electrons. The summed E-state index contributed by atoms with van der Waals surface area (Å²) in [6, 6.07) is 7.57. The molecule has 2 heterocycles. The molecule has 0 amide bonds. The normalized spacial score (nSPS) is 24.7. The summed E-state index contributed by atoms with van der Waals surface area (Å²) in [5.74, 6) is 0.805. The van der Waals surface area contributed by atoms with Crippen LogP contribution in [0.3, 0.4) is 0 Å². The molecule has 0 aromatic heterocycles. The predicted octanol–water partition coefficient (Wildman–Crippen LogP) is 3.53. The zero-order valence-electron chi connectivity index (χ0n) is 13.4. The van der Waals surface area contributed by atoms with Gasteiger partial charge in [-0.15, -0.1) is 0 Å². The van der Waals surface area contributed by atoms with Crippen molar-refractivity contribution in [3.63, 3.8) is 0 Å². The minimum Gasteiger partial charge on any atom is -0.482 e. The summed E-state index contributed by atoms with van der Waals surface area (Å²) < 4.78 is 10.9. The number of carbonyl (C=O) groups is 1. The van der Waals surface area contributed by atoms with E-state index in [2.05, 4.69) is 4.90 Å². The summed E-state index contributed by atoms with van der Waals surface area (Å²) in [7, 11) is 0. The molecular formula is C18H24ClNO3. The fraction of sp³-hybridized carbons (Fsp3) is 0.611. The van der Waals surface area contributed by atoms with E-state index in [4.69, 9.17) is 21.1 Å². The summed E-state index contributed by atoms with van der Waals surface area (Å²) in [6.45, 7) is 2.87. The highest BCUT2D eigenvalue weighted by molar-refractivity contribution is 6.30. The quantitative estimate of drug-likeness (QED) is 0.770. The van der Waals surface area contributed by atoms with Gasteiger partial charge in [-0.2, -0.15) is 0 Å². The molecule has 2 aliphatic heterocycles. The first-order chi connectivity index (χ1) is 11.2. The number of halogens is 1. The third-order valence-electron chi connectivity index (χ3n) is 4.86. The molecule has 2 atom stereocenters. The molecule has 0 bridgehead atoms. The standard InChI is InChI=1S/C18H24ClNO3/c19-15-6-8-16(9-7-15)22-13-18(21)23-12-14-4-3-11-20-10-2-1-5-17(14)20/h6-9,14,17H,1-5,10-13H2/t14-,17+/m0/s1. The highest BCUT2D eigenvalue weighted by atomic mass is 35.5. The minimum absolute atomic E-state index is 0.0528. The van der Waals surface area contributed by atoms with Crippen LogP contribution in [0.1, 0.15) is 32.1 Å². The fourth-order valence-corrected chi connectivity index (χ4v) is 3.81. The molecule has 2 fully saturated rings. The zero-order chi connectivity index (χ0) is 16.1. The number of hydrogen-bond acceptors (Lipinski definition) is 4. The van der Waals surface area contributed by atoms with Crippen molar-refractivity contribution in [2.45, 2.75) is 38.1 Å². The number of esters is 1. The lowest BCUT2D eigenvalue weighted by atomic mass is 9.84. The Hall–Kier alpha value is -1.26. The molecule has 0 unspecified atom stereocenters. The Labute approximate surface area is 142 Å². The van der Waals surface area contributed by atoms with E-state index in [-0.39, 0.29) is 12.6 Å². The van der Waals surface area contributed by atoms with Crippen LogP contribution in [0.15, 0.2) is 24.3 Å². The minimum atomic E-state index is -0.298. The largest absolute Gasteiger partial charge is 0.482 e. The van der Waals surface area contributed by atoms with E-state index in [9.17, 15) is 4.79 Å². The maximum atomic E-state index is 11.9. The lowest BCUT2D eigenvalue weighted by Gasteiger charge is -2.44. The van der Waals surface area contributed by atoms with Crippen molar-refractivity contribution in [1.29, 1.82) is 0 Å². The fourth-order valence-electron chi connectivity index (χ4n) is 3.69. The molecule has 5 heteroatoms. The van der Waals surface area contributed by atoms with Crippen LogP contribution < -0.4 is 4.74 Å². The summed E-state index contributed by atoms with van der Waals surface area (Å²) in [4.78, 5) is 14.5. The van der Waals surface area contributed by atoms with E-state index in [1.807, 2.05) is 0 Å². The molecule has 23 heavy (non-hydrogen) atoms. The van der Waals surface area contributed by atoms with Gasteiger partial charge < -0.3 is 9.47 Å². The van der Waals surface area contributed by atoms with Crippen molar-refractivity contribution in [3.05, 3.63) is 29.3 Å². The second-order valence-electron chi connectivity index (χ2n) is 6.43. The van der Waals surface area contributed by atoms with Crippen LogP contribution in [-0.2, 0) is 9.53 Å². The van der Waals surface area contributed by atoms with Crippen LogP contribution in [0.4, 0.5) is 0 Å². The first-order valence-corrected chi connectivity index (χ1v) is 8.88. The van der Waals surface area contributed by atoms with Crippen LogP contribution in [0.5, 0.6) is 5.75 Å². The van der Waals surface area contributed by atoms with Gasteiger partial charge in [-0.05, 0) is 63.0 Å². The average molecular weight is 338 g/mol. The van der Waals surface area contributed by atoms with E-state index in [1.165, 1.54) is 38.8 Å². The molecule has 3 rings (SSSR count). The smallest absolute Gasteiger partial charge is 0.344 e. The second-order valence-corrected chi connectivity index (χ2v) is 6.86. The molecule has 1 aromatic rings. The van der Waals surface area contributed by atoms with Gasteiger partial charge in [0, 0.05) is 17.0 Å².